The molecule has 98 valence electrons. The molecule has 1 atom stereocenters. The molecule has 0 radical (unpaired) electrons. The Bertz CT molecular complexity index is 366. The van der Waals surface area contributed by atoms with E-state index < -0.39 is 0 Å². The van der Waals surface area contributed by atoms with Crippen molar-refractivity contribution in [3.63, 3.8) is 0 Å². The first kappa shape index (κ1) is 12.9. The first-order valence-electron chi connectivity index (χ1n) is 6.73. The molecule has 2 fully saturated rings. The fourth-order valence-electron chi connectivity index (χ4n) is 2.94. The summed E-state index contributed by atoms with van der Waals surface area (Å²) >= 11 is 0. The van der Waals surface area contributed by atoms with Gasteiger partial charge in [0.05, 0.1) is 12.5 Å². The van der Waals surface area contributed by atoms with Gasteiger partial charge in [0.25, 0.3) is 0 Å². The quantitative estimate of drug-likeness (QED) is 0.755. The molecule has 0 bridgehead atoms. The van der Waals surface area contributed by atoms with Crippen molar-refractivity contribution in [3.8, 4) is 12.3 Å². The van der Waals surface area contributed by atoms with E-state index in [2.05, 4.69) is 11.2 Å². The number of amides is 2. The number of carbonyl (C=O) groups excluding carboxylic acids is 2. The summed E-state index contributed by atoms with van der Waals surface area (Å²) in [5.41, 5.74) is 0. The third-order valence-corrected chi connectivity index (χ3v) is 3.91. The van der Waals surface area contributed by atoms with Gasteiger partial charge in [-0.25, -0.2) is 0 Å². The van der Waals surface area contributed by atoms with Crippen molar-refractivity contribution in [1.29, 1.82) is 0 Å². The number of nitrogens with zero attached hydrogens (tertiary/aromatic N) is 1. The number of rotatable bonds is 3. The van der Waals surface area contributed by atoms with Gasteiger partial charge in [-0.05, 0) is 12.8 Å². The van der Waals surface area contributed by atoms with Gasteiger partial charge in [-0.1, -0.05) is 25.2 Å². The zero-order valence-electron chi connectivity index (χ0n) is 10.7. The van der Waals surface area contributed by atoms with Crippen LogP contribution in [-0.2, 0) is 9.59 Å². The van der Waals surface area contributed by atoms with E-state index >= 15 is 0 Å². The largest absolute Gasteiger partial charge is 0.345 e. The lowest BCUT2D eigenvalue weighted by atomic mass is 9.94. The fourth-order valence-corrected chi connectivity index (χ4v) is 2.94. The van der Waals surface area contributed by atoms with Crippen LogP contribution in [0.2, 0.25) is 0 Å². The Balaban J connectivity index is 1.90. The summed E-state index contributed by atoms with van der Waals surface area (Å²) in [6, 6.07) is 0.358. The van der Waals surface area contributed by atoms with Crippen LogP contribution in [0.3, 0.4) is 0 Å². The molecule has 0 aromatic carbocycles. The van der Waals surface area contributed by atoms with Gasteiger partial charge in [-0.3, -0.25) is 9.59 Å². The number of carbonyl (C=O) groups is 2. The zero-order valence-corrected chi connectivity index (χ0v) is 10.7. The molecule has 0 aromatic rings. The molecule has 2 rings (SSSR count). The van der Waals surface area contributed by atoms with Gasteiger partial charge in [0.1, 0.15) is 0 Å². The van der Waals surface area contributed by atoms with Crippen molar-refractivity contribution in [2.24, 2.45) is 5.92 Å². The normalized spacial score (nSPS) is 24.9. The molecular formula is C14H20N2O2. The van der Waals surface area contributed by atoms with Gasteiger partial charge in [0, 0.05) is 19.0 Å². The molecule has 1 aliphatic heterocycles. The van der Waals surface area contributed by atoms with Gasteiger partial charge in [-0.15, -0.1) is 6.42 Å². The van der Waals surface area contributed by atoms with Crippen LogP contribution < -0.4 is 5.32 Å². The molecule has 0 aromatic heterocycles. The fraction of sp³-hybridized carbons (Fsp3) is 0.714. The van der Waals surface area contributed by atoms with Gasteiger partial charge < -0.3 is 10.2 Å². The zero-order chi connectivity index (χ0) is 13.0. The second kappa shape index (κ2) is 5.90. The van der Waals surface area contributed by atoms with E-state index in [-0.39, 0.29) is 24.3 Å². The van der Waals surface area contributed by atoms with Crippen LogP contribution in [0.15, 0.2) is 0 Å². The first-order valence-corrected chi connectivity index (χ1v) is 6.73. The van der Waals surface area contributed by atoms with Crippen LogP contribution >= 0.6 is 0 Å². The monoisotopic (exact) mass is 248 g/mol. The summed E-state index contributed by atoms with van der Waals surface area (Å²) in [7, 11) is 0. The summed E-state index contributed by atoms with van der Waals surface area (Å²) < 4.78 is 0. The van der Waals surface area contributed by atoms with Gasteiger partial charge in [0.2, 0.25) is 11.8 Å². The number of hydrogen-bond donors (Lipinski definition) is 1. The molecule has 1 saturated carbocycles. The summed E-state index contributed by atoms with van der Waals surface area (Å²) in [6.45, 7) is 0.812. The summed E-state index contributed by atoms with van der Waals surface area (Å²) in [5, 5.41) is 2.66. The number of terminal acetylenes is 1. The van der Waals surface area contributed by atoms with Crippen molar-refractivity contribution in [3.05, 3.63) is 0 Å². The second-order valence-electron chi connectivity index (χ2n) is 5.16. The molecule has 1 N–H and O–H groups in total. The number of likely N-dealkylation sites (tertiary alicyclic amines) is 1. The van der Waals surface area contributed by atoms with E-state index in [1.165, 1.54) is 19.3 Å². The van der Waals surface area contributed by atoms with Gasteiger partial charge in [0.15, 0.2) is 0 Å². The average molecular weight is 248 g/mol. The van der Waals surface area contributed by atoms with Crippen molar-refractivity contribution in [2.75, 3.05) is 13.1 Å². The highest BCUT2D eigenvalue weighted by molar-refractivity contribution is 5.89. The van der Waals surface area contributed by atoms with E-state index in [0.717, 1.165) is 12.8 Å². The van der Waals surface area contributed by atoms with E-state index in [1.54, 1.807) is 0 Å². The van der Waals surface area contributed by atoms with Crippen molar-refractivity contribution < 1.29 is 9.59 Å². The minimum atomic E-state index is -0.215. The lowest BCUT2D eigenvalue weighted by molar-refractivity contribution is -0.130. The molecule has 4 heteroatoms. The predicted molar refractivity (Wildman–Crippen MR) is 68.5 cm³/mol. The van der Waals surface area contributed by atoms with Crippen molar-refractivity contribution in [1.82, 2.24) is 10.2 Å². The molecule has 2 aliphatic rings. The number of nitrogens with one attached hydrogen (secondary N) is 1. The molecule has 18 heavy (non-hydrogen) atoms. The Labute approximate surface area is 108 Å². The topological polar surface area (TPSA) is 49.4 Å². The molecule has 1 heterocycles. The molecule has 0 spiro atoms. The SMILES string of the molecule is C#CCNC(=O)C1CC(=O)N(C2CCCCC2)C1. The lowest BCUT2D eigenvalue weighted by Crippen LogP contribution is -2.39. The minimum absolute atomic E-state index is 0.0837. The van der Waals surface area contributed by atoms with Gasteiger partial charge in [-0.2, -0.15) is 0 Å². The Kier molecular flexibility index (Phi) is 4.24. The van der Waals surface area contributed by atoms with Crippen LogP contribution in [0.25, 0.3) is 0 Å². The highest BCUT2D eigenvalue weighted by Crippen LogP contribution is 2.28. The first-order chi connectivity index (χ1) is 8.72. The maximum Gasteiger partial charge on any atom is 0.226 e. The molecular weight excluding hydrogens is 228 g/mol. The van der Waals surface area contributed by atoms with E-state index in [9.17, 15) is 9.59 Å². The van der Waals surface area contributed by atoms with Crippen LogP contribution in [0.4, 0.5) is 0 Å². The summed E-state index contributed by atoms with van der Waals surface area (Å²) in [5.74, 6) is 2.21. The average Bonchev–Trinajstić information content (AvgIpc) is 2.79. The van der Waals surface area contributed by atoms with Crippen molar-refractivity contribution in [2.45, 2.75) is 44.6 Å². The highest BCUT2D eigenvalue weighted by atomic mass is 16.2. The Morgan fingerprint density at radius 2 is 2.11 bits per heavy atom. The Morgan fingerprint density at radius 3 is 2.78 bits per heavy atom. The third-order valence-electron chi connectivity index (χ3n) is 3.91. The maximum absolute atomic E-state index is 12.0. The van der Waals surface area contributed by atoms with E-state index in [0.29, 0.717) is 19.0 Å². The molecule has 1 aliphatic carbocycles. The summed E-state index contributed by atoms with van der Waals surface area (Å²) in [6.07, 6.45) is 11.3. The predicted octanol–water partition coefficient (Wildman–Crippen LogP) is 0.917. The van der Waals surface area contributed by atoms with Crippen molar-refractivity contribution >= 4 is 11.8 Å². The number of hydrogen-bond acceptors (Lipinski definition) is 2. The minimum Gasteiger partial charge on any atom is -0.345 e. The Morgan fingerprint density at radius 1 is 1.39 bits per heavy atom. The third kappa shape index (κ3) is 2.84. The summed E-state index contributed by atoms with van der Waals surface area (Å²) in [4.78, 5) is 25.7. The van der Waals surface area contributed by atoms with E-state index in [1.807, 2.05) is 4.90 Å². The van der Waals surface area contributed by atoms with Crippen LogP contribution in [0.5, 0.6) is 0 Å². The Hall–Kier alpha value is -1.50. The molecule has 4 nitrogen and oxygen atoms in total. The molecule has 1 unspecified atom stereocenters. The van der Waals surface area contributed by atoms with Crippen LogP contribution in [0.1, 0.15) is 38.5 Å². The molecule has 1 saturated heterocycles. The van der Waals surface area contributed by atoms with Crippen LogP contribution in [-0.4, -0.2) is 35.8 Å². The molecule has 2 amide bonds. The van der Waals surface area contributed by atoms with Gasteiger partial charge >= 0.3 is 0 Å². The van der Waals surface area contributed by atoms with Crippen LogP contribution in [0, 0.1) is 18.3 Å². The highest BCUT2D eigenvalue weighted by Gasteiger charge is 2.37. The van der Waals surface area contributed by atoms with E-state index in [4.69, 9.17) is 6.42 Å². The smallest absolute Gasteiger partial charge is 0.226 e. The second-order valence-corrected chi connectivity index (χ2v) is 5.16. The maximum atomic E-state index is 12.0. The standard InChI is InChI=1S/C14H20N2O2/c1-2-8-15-14(18)11-9-13(17)16(10-11)12-6-4-3-5-7-12/h1,11-12H,3-10H2,(H,15,18). The lowest BCUT2D eigenvalue weighted by Gasteiger charge is -2.31.